The van der Waals surface area contributed by atoms with E-state index in [2.05, 4.69) is 15.2 Å². The van der Waals surface area contributed by atoms with Gasteiger partial charge in [-0.05, 0) is 63.0 Å². The highest BCUT2D eigenvalue weighted by molar-refractivity contribution is 5.93. The minimum atomic E-state index is -0.188. The minimum absolute atomic E-state index is 0.0134. The second-order valence-electron chi connectivity index (χ2n) is 7.87. The number of hydrogen-bond acceptors (Lipinski definition) is 5. The molecule has 0 bridgehead atoms. The Bertz CT molecular complexity index is 612. The molecule has 1 amide bonds. The number of aromatic nitrogens is 1. The molecule has 6 heteroatoms. The number of aliphatic hydroxyl groups is 1. The Hall–Kier alpha value is -1.82. The highest BCUT2D eigenvalue weighted by Gasteiger charge is 2.25. The lowest BCUT2D eigenvalue weighted by molar-refractivity contribution is 0.0925. The molecule has 1 saturated heterocycles. The molecule has 2 atom stereocenters. The maximum atomic E-state index is 12.6. The van der Waals surface area contributed by atoms with Crippen molar-refractivity contribution in [2.24, 2.45) is 11.8 Å². The maximum Gasteiger partial charge on any atom is 0.270 e. The molecule has 6 nitrogen and oxygen atoms in total. The van der Waals surface area contributed by atoms with Crippen molar-refractivity contribution in [2.75, 3.05) is 31.2 Å². The first-order valence-electron chi connectivity index (χ1n) is 9.87. The first kappa shape index (κ1) is 19.0. The Morgan fingerprint density at radius 2 is 2.08 bits per heavy atom. The molecule has 1 saturated carbocycles. The fourth-order valence-corrected chi connectivity index (χ4v) is 3.38. The summed E-state index contributed by atoms with van der Waals surface area (Å²) in [5, 5.41) is 12.1. The van der Waals surface area contributed by atoms with Gasteiger partial charge in [-0.25, -0.2) is 4.98 Å². The van der Waals surface area contributed by atoms with Crippen LogP contribution in [0.3, 0.4) is 0 Å². The van der Waals surface area contributed by atoms with Crippen LogP contribution >= 0.6 is 0 Å². The number of carbonyl (C=O) groups excluding carboxylic acids is 1. The summed E-state index contributed by atoms with van der Waals surface area (Å²) in [5.74, 6) is 1.20. The van der Waals surface area contributed by atoms with Gasteiger partial charge in [-0.15, -0.1) is 0 Å². The molecule has 2 fully saturated rings. The Labute approximate surface area is 155 Å². The van der Waals surface area contributed by atoms with Gasteiger partial charge in [0.15, 0.2) is 0 Å². The van der Waals surface area contributed by atoms with Gasteiger partial charge in [0, 0.05) is 25.7 Å². The van der Waals surface area contributed by atoms with Crippen LogP contribution in [0.25, 0.3) is 0 Å². The normalized spacial score (nSPS) is 19.3. The number of ether oxygens (including phenoxy) is 1. The van der Waals surface area contributed by atoms with Crippen LogP contribution in [0.15, 0.2) is 12.1 Å². The van der Waals surface area contributed by atoms with Crippen molar-refractivity contribution >= 4 is 11.6 Å². The van der Waals surface area contributed by atoms with E-state index in [0.29, 0.717) is 24.1 Å². The van der Waals surface area contributed by atoms with Crippen LogP contribution < -0.4 is 15.0 Å². The SMILES string of the molecule is C[C@H](CO)C[C@@H](C)NC(=O)c1ccc(N2CCCC2)c(OCC2CC2)n1. The van der Waals surface area contributed by atoms with Gasteiger partial charge in [-0.3, -0.25) is 4.79 Å². The van der Waals surface area contributed by atoms with Crippen LogP contribution in [0.5, 0.6) is 5.88 Å². The molecule has 26 heavy (non-hydrogen) atoms. The molecule has 144 valence electrons. The van der Waals surface area contributed by atoms with Crippen LogP contribution in [0.2, 0.25) is 0 Å². The zero-order valence-corrected chi connectivity index (χ0v) is 15.9. The van der Waals surface area contributed by atoms with Crippen molar-refractivity contribution in [2.45, 2.75) is 52.0 Å². The molecular weight excluding hydrogens is 330 g/mol. The molecule has 0 aromatic carbocycles. The number of anilines is 1. The third kappa shape index (κ3) is 5.10. The molecule has 2 heterocycles. The summed E-state index contributed by atoms with van der Waals surface area (Å²) in [6, 6.07) is 3.74. The molecule has 1 aliphatic heterocycles. The van der Waals surface area contributed by atoms with E-state index in [1.54, 1.807) is 6.07 Å². The first-order chi connectivity index (χ1) is 12.6. The summed E-state index contributed by atoms with van der Waals surface area (Å²) in [6.45, 7) is 6.76. The number of rotatable bonds is 9. The predicted molar refractivity (Wildman–Crippen MR) is 102 cm³/mol. The van der Waals surface area contributed by atoms with Crippen molar-refractivity contribution in [3.05, 3.63) is 17.8 Å². The average Bonchev–Trinajstić information content (AvgIpc) is 3.31. The van der Waals surface area contributed by atoms with Crippen molar-refractivity contribution < 1.29 is 14.6 Å². The minimum Gasteiger partial charge on any atom is -0.476 e. The zero-order chi connectivity index (χ0) is 18.5. The molecule has 3 rings (SSSR count). The van der Waals surface area contributed by atoms with Gasteiger partial charge in [-0.1, -0.05) is 6.92 Å². The summed E-state index contributed by atoms with van der Waals surface area (Å²) < 4.78 is 5.99. The van der Waals surface area contributed by atoms with E-state index in [1.165, 1.54) is 25.7 Å². The van der Waals surface area contributed by atoms with E-state index in [0.717, 1.165) is 25.2 Å². The topological polar surface area (TPSA) is 74.7 Å². The fourth-order valence-electron chi connectivity index (χ4n) is 3.38. The molecule has 0 unspecified atom stereocenters. The van der Waals surface area contributed by atoms with Crippen molar-refractivity contribution in [1.29, 1.82) is 0 Å². The lowest BCUT2D eigenvalue weighted by Crippen LogP contribution is -2.34. The van der Waals surface area contributed by atoms with Gasteiger partial charge in [-0.2, -0.15) is 0 Å². The van der Waals surface area contributed by atoms with Crippen LogP contribution in [-0.2, 0) is 0 Å². The Balaban J connectivity index is 1.69. The molecule has 1 aliphatic carbocycles. The largest absolute Gasteiger partial charge is 0.476 e. The molecule has 0 radical (unpaired) electrons. The summed E-state index contributed by atoms with van der Waals surface area (Å²) in [7, 11) is 0. The third-order valence-corrected chi connectivity index (χ3v) is 5.12. The van der Waals surface area contributed by atoms with Crippen LogP contribution in [0, 0.1) is 11.8 Å². The summed E-state index contributed by atoms with van der Waals surface area (Å²) in [6.07, 6.45) is 5.55. The summed E-state index contributed by atoms with van der Waals surface area (Å²) in [4.78, 5) is 19.4. The second-order valence-corrected chi connectivity index (χ2v) is 7.87. The lowest BCUT2D eigenvalue weighted by Gasteiger charge is -2.21. The van der Waals surface area contributed by atoms with Gasteiger partial charge in [0.1, 0.15) is 5.69 Å². The molecule has 0 spiro atoms. The Kier molecular flexibility index (Phi) is 6.35. The van der Waals surface area contributed by atoms with E-state index < -0.39 is 0 Å². The highest BCUT2D eigenvalue weighted by Crippen LogP contribution is 2.33. The van der Waals surface area contributed by atoms with Gasteiger partial charge < -0.3 is 20.1 Å². The number of hydrogen-bond donors (Lipinski definition) is 2. The van der Waals surface area contributed by atoms with Gasteiger partial charge in [0.05, 0.1) is 12.3 Å². The monoisotopic (exact) mass is 361 g/mol. The van der Waals surface area contributed by atoms with E-state index >= 15 is 0 Å². The van der Waals surface area contributed by atoms with Crippen LogP contribution in [0.4, 0.5) is 5.69 Å². The lowest BCUT2D eigenvalue weighted by atomic mass is 10.0. The number of nitrogens with one attached hydrogen (secondary N) is 1. The smallest absolute Gasteiger partial charge is 0.270 e. The maximum absolute atomic E-state index is 12.6. The number of pyridine rings is 1. The van der Waals surface area contributed by atoms with E-state index in [1.807, 2.05) is 19.9 Å². The van der Waals surface area contributed by atoms with Crippen LogP contribution in [0.1, 0.15) is 56.4 Å². The molecule has 2 aliphatic rings. The van der Waals surface area contributed by atoms with Crippen LogP contribution in [-0.4, -0.2) is 48.3 Å². The zero-order valence-electron chi connectivity index (χ0n) is 15.9. The molecule has 1 aromatic rings. The summed E-state index contributed by atoms with van der Waals surface area (Å²) in [5.41, 5.74) is 1.39. The Morgan fingerprint density at radius 1 is 1.35 bits per heavy atom. The predicted octanol–water partition coefficient (Wildman–Crippen LogP) is 2.61. The quantitative estimate of drug-likeness (QED) is 0.707. The van der Waals surface area contributed by atoms with E-state index in [4.69, 9.17) is 9.84 Å². The van der Waals surface area contributed by atoms with Crippen molar-refractivity contribution in [3.63, 3.8) is 0 Å². The fraction of sp³-hybridized carbons (Fsp3) is 0.700. The van der Waals surface area contributed by atoms with Gasteiger partial charge >= 0.3 is 0 Å². The van der Waals surface area contributed by atoms with Gasteiger partial charge in [0.2, 0.25) is 5.88 Å². The van der Waals surface area contributed by atoms with E-state index in [-0.39, 0.29) is 24.5 Å². The standard InChI is InChI=1S/C20H31N3O3/c1-14(12-24)11-15(2)21-19(25)17-7-8-18(23-9-3-4-10-23)20(22-17)26-13-16-5-6-16/h7-8,14-16,24H,3-6,9-13H2,1-2H3,(H,21,25)/t14-,15+/m0/s1. The first-order valence-corrected chi connectivity index (χ1v) is 9.87. The second kappa shape index (κ2) is 8.71. The molecular formula is C20H31N3O3. The van der Waals surface area contributed by atoms with Crippen molar-refractivity contribution in [3.8, 4) is 5.88 Å². The van der Waals surface area contributed by atoms with E-state index in [9.17, 15) is 4.79 Å². The number of carbonyl (C=O) groups is 1. The average molecular weight is 361 g/mol. The van der Waals surface area contributed by atoms with Crippen molar-refractivity contribution in [1.82, 2.24) is 10.3 Å². The molecule has 2 N–H and O–H groups in total. The van der Waals surface area contributed by atoms with Gasteiger partial charge in [0.25, 0.3) is 5.91 Å². The highest BCUT2D eigenvalue weighted by atomic mass is 16.5. The Morgan fingerprint density at radius 3 is 2.73 bits per heavy atom. The summed E-state index contributed by atoms with van der Waals surface area (Å²) >= 11 is 0. The number of amides is 1. The molecule has 1 aromatic heterocycles. The number of nitrogens with zero attached hydrogens (tertiary/aromatic N) is 2. The number of aliphatic hydroxyl groups excluding tert-OH is 1. The third-order valence-electron chi connectivity index (χ3n) is 5.12.